The summed E-state index contributed by atoms with van der Waals surface area (Å²) in [7, 11) is 0. The Balaban J connectivity index is 1.94. The number of nitrogens with one attached hydrogen (secondary N) is 1. The molecular weight excluding hydrogens is 230 g/mol. The summed E-state index contributed by atoms with van der Waals surface area (Å²) in [6.07, 6.45) is 1.39. The molecule has 2 aromatic heterocycles. The summed E-state index contributed by atoms with van der Waals surface area (Å²) >= 11 is 1.13. The first-order valence-electron chi connectivity index (χ1n) is 4.38. The predicted octanol–water partition coefficient (Wildman–Crippen LogP) is -0.341. The average Bonchev–Trinajstić information content (AvgIpc) is 2.76. The number of hydrogen-bond acceptors (Lipinski definition) is 7. The third-order valence-corrected chi connectivity index (χ3v) is 2.36. The molecule has 9 heteroatoms. The van der Waals surface area contributed by atoms with Crippen LogP contribution in [0.2, 0.25) is 0 Å². The van der Waals surface area contributed by atoms with Gasteiger partial charge in [0.2, 0.25) is 17.0 Å². The van der Waals surface area contributed by atoms with Crippen molar-refractivity contribution in [3.8, 4) is 0 Å². The minimum atomic E-state index is -0.249. The van der Waals surface area contributed by atoms with Gasteiger partial charge in [0, 0.05) is 11.5 Å². The van der Waals surface area contributed by atoms with Gasteiger partial charge in [0.25, 0.3) is 0 Å². The molecule has 2 rings (SSSR count). The van der Waals surface area contributed by atoms with Gasteiger partial charge >= 0.3 is 0 Å². The minimum Gasteiger partial charge on any atom is -0.367 e. The maximum absolute atomic E-state index is 11.5. The topological polar surface area (TPSA) is 112 Å². The summed E-state index contributed by atoms with van der Waals surface area (Å²) in [5, 5.41) is 6.85. The molecule has 16 heavy (non-hydrogen) atoms. The fourth-order valence-electron chi connectivity index (χ4n) is 1.04. The molecule has 0 saturated carbocycles. The molecule has 0 aliphatic heterocycles. The van der Waals surface area contributed by atoms with Gasteiger partial charge in [-0.25, -0.2) is 14.6 Å². The van der Waals surface area contributed by atoms with E-state index >= 15 is 0 Å². The summed E-state index contributed by atoms with van der Waals surface area (Å²) in [6, 6.07) is 0. The van der Waals surface area contributed by atoms with Crippen LogP contribution in [0.1, 0.15) is 5.82 Å². The highest BCUT2D eigenvalue weighted by Gasteiger charge is 2.07. The second kappa shape index (κ2) is 4.23. The molecule has 0 spiro atoms. The van der Waals surface area contributed by atoms with Crippen molar-refractivity contribution in [1.29, 1.82) is 0 Å². The molecule has 1 amide bonds. The first-order chi connectivity index (χ1) is 7.63. The molecule has 0 radical (unpaired) electrons. The maximum atomic E-state index is 11.5. The lowest BCUT2D eigenvalue weighted by Gasteiger charge is -1.99. The third-order valence-electron chi connectivity index (χ3n) is 1.63. The Labute approximate surface area is 94.7 Å². The highest BCUT2D eigenvalue weighted by molar-refractivity contribution is 7.09. The molecule has 0 unspecified atom stereocenters. The Hall–Kier alpha value is -2.03. The van der Waals surface area contributed by atoms with Gasteiger partial charge in [-0.1, -0.05) is 0 Å². The van der Waals surface area contributed by atoms with Crippen LogP contribution in [0.4, 0.5) is 11.1 Å². The number of anilines is 2. The number of amides is 1. The molecule has 8 nitrogen and oxygen atoms in total. The molecule has 0 aliphatic rings. The van der Waals surface area contributed by atoms with E-state index in [0.717, 1.165) is 11.5 Å². The van der Waals surface area contributed by atoms with Crippen molar-refractivity contribution < 1.29 is 4.79 Å². The number of nitrogens with two attached hydrogens (primary N) is 1. The van der Waals surface area contributed by atoms with E-state index in [-0.39, 0.29) is 18.4 Å². The van der Waals surface area contributed by atoms with Gasteiger partial charge in [-0.05, 0) is 6.92 Å². The zero-order chi connectivity index (χ0) is 11.5. The van der Waals surface area contributed by atoms with E-state index in [1.54, 1.807) is 6.92 Å². The highest BCUT2D eigenvalue weighted by atomic mass is 32.1. The zero-order valence-corrected chi connectivity index (χ0v) is 9.23. The van der Waals surface area contributed by atoms with Crippen molar-refractivity contribution in [1.82, 2.24) is 24.1 Å². The quantitative estimate of drug-likeness (QED) is 0.757. The summed E-state index contributed by atoms with van der Waals surface area (Å²) in [4.78, 5) is 19.2. The number of hydrogen-bond donors (Lipinski definition) is 2. The lowest BCUT2D eigenvalue weighted by Crippen LogP contribution is -2.19. The van der Waals surface area contributed by atoms with E-state index in [2.05, 4.69) is 24.8 Å². The van der Waals surface area contributed by atoms with Gasteiger partial charge < -0.3 is 5.73 Å². The lowest BCUT2D eigenvalue weighted by atomic mass is 10.6. The third kappa shape index (κ3) is 2.51. The van der Waals surface area contributed by atoms with Crippen molar-refractivity contribution >= 4 is 28.5 Å². The molecule has 2 aromatic rings. The molecule has 0 aliphatic carbocycles. The summed E-state index contributed by atoms with van der Waals surface area (Å²) < 4.78 is 5.29. The Kier molecular flexibility index (Phi) is 2.77. The summed E-state index contributed by atoms with van der Waals surface area (Å²) in [6.45, 7) is 1.80. The minimum absolute atomic E-state index is 0.0445. The van der Waals surface area contributed by atoms with Gasteiger partial charge in [-0.2, -0.15) is 4.37 Å². The van der Waals surface area contributed by atoms with Crippen molar-refractivity contribution in [2.24, 2.45) is 0 Å². The van der Waals surface area contributed by atoms with Crippen LogP contribution >= 0.6 is 11.5 Å². The van der Waals surface area contributed by atoms with E-state index in [1.165, 1.54) is 11.0 Å². The van der Waals surface area contributed by atoms with Gasteiger partial charge in [-0.15, -0.1) is 5.10 Å². The standard InChI is InChI=1S/C7H9N7OS/c1-4-10-7(16-13-4)11-5(15)2-14-3-9-6(8)12-14/h3H,2H2,1H3,(H2,8,12)(H,10,11,13,15). The second-order valence-corrected chi connectivity index (χ2v) is 3.75. The normalized spacial score (nSPS) is 10.3. The zero-order valence-electron chi connectivity index (χ0n) is 8.41. The SMILES string of the molecule is Cc1nsc(NC(=O)Cn2cnc(N)n2)n1. The lowest BCUT2D eigenvalue weighted by molar-refractivity contribution is -0.116. The van der Waals surface area contributed by atoms with E-state index in [1.807, 2.05) is 0 Å². The van der Waals surface area contributed by atoms with Crippen LogP contribution < -0.4 is 11.1 Å². The highest BCUT2D eigenvalue weighted by Crippen LogP contribution is 2.09. The molecule has 0 atom stereocenters. The molecule has 0 bridgehead atoms. The van der Waals surface area contributed by atoms with E-state index in [4.69, 9.17) is 5.73 Å². The van der Waals surface area contributed by atoms with Crippen molar-refractivity contribution in [2.45, 2.75) is 13.5 Å². The molecule has 0 fully saturated rings. The van der Waals surface area contributed by atoms with Gasteiger partial charge in [0.1, 0.15) is 18.7 Å². The van der Waals surface area contributed by atoms with Crippen LogP contribution in [0.25, 0.3) is 0 Å². The van der Waals surface area contributed by atoms with Gasteiger partial charge in [0.05, 0.1) is 0 Å². The fraction of sp³-hybridized carbons (Fsp3) is 0.286. The van der Waals surface area contributed by atoms with Crippen LogP contribution in [0.5, 0.6) is 0 Å². The number of aryl methyl sites for hydroxylation is 1. The van der Waals surface area contributed by atoms with Crippen LogP contribution in [0.15, 0.2) is 6.33 Å². The van der Waals surface area contributed by atoms with Gasteiger partial charge in [-0.3, -0.25) is 10.1 Å². The Morgan fingerprint density at radius 1 is 1.69 bits per heavy atom. The largest absolute Gasteiger partial charge is 0.367 e. The first-order valence-corrected chi connectivity index (χ1v) is 5.16. The predicted molar refractivity (Wildman–Crippen MR) is 57.7 cm³/mol. The number of nitrogen functional groups attached to an aromatic ring is 1. The molecule has 0 aromatic carbocycles. The van der Waals surface area contributed by atoms with E-state index < -0.39 is 0 Å². The smallest absolute Gasteiger partial charge is 0.247 e. The van der Waals surface area contributed by atoms with E-state index in [9.17, 15) is 4.79 Å². The summed E-state index contributed by atoms with van der Waals surface area (Å²) in [5.74, 6) is 0.519. The van der Waals surface area contributed by atoms with Crippen molar-refractivity contribution in [3.63, 3.8) is 0 Å². The molecular formula is C7H9N7OS. The van der Waals surface area contributed by atoms with Crippen molar-refractivity contribution in [2.75, 3.05) is 11.1 Å². The first kappa shape index (κ1) is 10.5. The van der Waals surface area contributed by atoms with Gasteiger partial charge in [0.15, 0.2) is 0 Å². The number of aromatic nitrogens is 5. The number of carbonyl (C=O) groups is 1. The monoisotopic (exact) mass is 239 g/mol. The maximum Gasteiger partial charge on any atom is 0.247 e. The average molecular weight is 239 g/mol. The Bertz CT molecular complexity index is 460. The Morgan fingerprint density at radius 2 is 2.50 bits per heavy atom. The number of carbonyl (C=O) groups excluding carboxylic acids is 1. The molecule has 2 heterocycles. The fourth-order valence-corrected chi connectivity index (χ4v) is 1.63. The van der Waals surface area contributed by atoms with Crippen LogP contribution in [0.3, 0.4) is 0 Å². The number of nitrogens with zero attached hydrogens (tertiary/aromatic N) is 5. The second-order valence-electron chi connectivity index (χ2n) is 3.00. The Morgan fingerprint density at radius 3 is 3.06 bits per heavy atom. The van der Waals surface area contributed by atoms with Crippen molar-refractivity contribution in [3.05, 3.63) is 12.2 Å². The van der Waals surface area contributed by atoms with Crippen LogP contribution in [0, 0.1) is 6.92 Å². The van der Waals surface area contributed by atoms with Crippen LogP contribution in [-0.2, 0) is 11.3 Å². The number of rotatable bonds is 3. The molecule has 84 valence electrons. The van der Waals surface area contributed by atoms with Crippen LogP contribution in [-0.4, -0.2) is 30.0 Å². The summed E-state index contributed by atoms with van der Waals surface area (Å²) in [5.41, 5.74) is 5.32. The van der Waals surface area contributed by atoms with E-state index in [0.29, 0.717) is 11.0 Å². The molecule has 3 N–H and O–H groups in total. The molecule has 0 saturated heterocycles.